The van der Waals surface area contributed by atoms with Crippen molar-refractivity contribution in [3.05, 3.63) is 22.9 Å². The average molecular weight is 284 g/mol. The van der Waals surface area contributed by atoms with Gasteiger partial charge in [-0.1, -0.05) is 19.3 Å². The van der Waals surface area contributed by atoms with Gasteiger partial charge in [0.1, 0.15) is 0 Å². The smallest absolute Gasteiger partial charge is 0.0590 e. The van der Waals surface area contributed by atoms with E-state index < -0.39 is 0 Å². The molecule has 1 aliphatic carbocycles. The molecule has 1 aromatic rings. The van der Waals surface area contributed by atoms with E-state index in [1.54, 1.807) is 12.4 Å². The predicted octanol–water partition coefficient (Wildman–Crippen LogP) is 2.92. The second-order valence-electron chi connectivity index (χ2n) is 4.63. The standard InChI is InChI=1S/C12H18BrN3/c13-10-8-15-7-4-11(10)16-9-12(14)5-2-1-3-6-12/h4,7-8H,1-3,5-6,9,14H2,(H,15,16). The van der Waals surface area contributed by atoms with Crippen LogP contribution in [0.15, 0.2) is 22.9 Å². The second-order valence-corrected chi connectivity index (χ2v) is 5.49. The molecule has 3 nitrogen and oxygen atoms in total. The van der Waals surface area contributed by atoms with E-state index in [2.05, 4.69) is 26.2 Å². The minimum Gasteiger partial charge on any atom is -0.382 e. The van der Waals surface area contributed by atoms with Crippen LogP contribution in [-0.2, 0) is 0 Å². The summed E-state index contributed by atoms with van der Waals surface area (Å²) in [7, 11) is 0. The Kier molecular flexibility index (Phi) is 3.82. The number of nitrogens with two attached hydrogens (primary N) is 1. The Labute approximate surface area is 105 Å². The SMILES string of the molecule is NC1(CNc2ccncc2Br)CCCCC1. The molecular weight excluding hydrogens is 266 g/mol. The van der Waals surface area contributed by atoms with Crippen molar-refractivity contribution in [3.63, 3.8) is 0 Å². The first kappa shape index (κ1) is 11.9. The molecule has 0 spiro atoms. The molecule has 0 unspecified atom stereocenters. The topological polar surface area (TPSA) is 50.9 Å². The number of nitrogens with one attached hydrogen (secondary N) is 1. The van der Waals surface area contributed by atoms with Gasteiger partial charge in [-0.3, -0.25) is 4.98 Å². The van der Waals surface area contributed by atoms with Gasteiger partial charge in [0.05, 0.1) is 10.2 Å². The molecule has 1 heterocycles. The van der Waals surface area contributed by atoms with E-state index >= 15 is 0 Å². The van der Waals surface area contributed by atoms with E-state index in [1.165, 1.54) is 19.3 Å². The highest BCUT2D eigenvalue weighted by molar-refractivity contribution is 9.10. The molecule has 3 N–H and O–H groups in total. The summed E-state index contributed by atoms with van der Waals surface area (Å²) in [4.78, 5) is 4.04. The highest BCUT2D eigenvalue weighted by atomic mass is 79.9. The Bertz CT molecular complexity index is 348. The molecule has 1 aliphatic rings. The zero-order valence-corrected chi connectivity index (χ0v) is 11.0. The zero-order valence-electron chi connectivity index (χ0n) is 9.38. The van der Waals surface area contributed by atoms with Gasteiger partial charge in [-0.25, -0.2) is 0 Å². The molecule has 0 atom stereocenters. The normalized spacial score (nSPS) is 19.4. The van der Waals surface area contributed by atoms with Crippen molar-refractivity contribution in [3.8, 4) is 0 Å². The molecule has 1 saturated carbocycles. The molecule has 2 rings (SSSR count). The fourth-order valence-electron chi connectivity index (χ4n) is 2.22. The number of nitrogens with zero attached hydrogens (tertiary/aromatic N) is 1. The fraction of sp³-hybridized carbons (Fsp3) is 0.583. The molecule has 0 aliphatic heterocycles. The molecule has 1 aromatic heterocycles. The van der Waals surface area contributed by atoms with Crippen LogP contribution in [0.3, 0.4) is 0 Å². The van der Waals surface area contributed by atoms with Crippen molar-refractivity contribution in [2.45, 2.75) is 37.6 Å². The summed E-state index contributed by atoms with van der Waals surface area (Å²) in [6.45, 7) is 0.843. The summed E-state index contributed by atoms with van der Waals surface area (Å²) in [5.74, 6) is 0. The quantitative estimate of drug-likeness (QED) is 0.897. The van der Waals surface area contributed by atoms with Crippen LogP contribution in [0.1, 0.15) is 32.1 Å². The van der Waals surface area contributed by atoms with Crippen LogP contribution in [0.2, 0.25) is 0 Å². The van der Waals surface area contributed by atoms with Gasteiger partial charge in [-0.2, -0.15) is 0 Å². The van der Waals surface area contributed by atoms with E-state index in [0.29, 0.717) is 0 Å². The summed E-state index contributed by atoms with van der Waals surface area (Å²) in [5.41, 5.74) is 7.41. The predicted molar refractivity (Wildman–Crippen MR) is 70.4 cm³/mol. The van der Waals surface area contributed by atoms with Crippen molar-refractivity contribution >= 4 is 21.6 Å². The highest BCUT2D eigenvalue weighted by Crippen LogP contribution is 2.27. The van der Waals surface area contributed by atoms with Crippen LogP contribution in [0.5, 0.6) is 0 Å². The third kappa shape index (κ3) is 2.95. The maximum atomic E-state index is 6.36. The molecule has 4 heteroatoms. The molecule has 88 valence electrons. The van der Waals surface area contributed by atoms with Crippen LogP contribution < -0.4 is 11.1 Å². The Morgan fingerprint density at radius 2 is 2.12 bits per heavy atom. The number of pyridine rings is 1. The van der Waals surface area contributed by atoms with Crippen LogP contribution in [0, 0.1) is 0 Å². The summed E-state index contributed by atoms with van der Waals surface area (Å²) < 4.78 is 0.995. The van der Waals surface area contributed by atoms with E-state index in [1.807, 2.05) is 6.07 Å². The first-order valence-corrected chi connectivity index (χ1v) is 6.61. The van der Waals surface area contributed by atoms with Crippen molar-refractivity contribution in [1.29, 1.82) is 0 Å². The van der Waals surface area contributed by atoms with Crippen LogP contribution in [0.4, 0.5) is 5.69 Å². The number of aromatic nitrogens is 1. The summed E-state index contributed by atoms with van der Waals surface area (Å²) in [6.07, 6.45) is 9.69. The van der Waals surface area contributed by atoms with E-state index in [9.17, 15) is 0 Å². The zero-order chi connectivity index (χ0) is 11.4. The lowest BCUT2D eigenvalue weighted by Crippen LogP contribution is -2.47. The lowest BCUT2D eigenvalue weighted by atomic mass is 9.82. The largest absolute Gasteiger partial charge is 0.382 e. The van der Waals surface area contributed by atoms with Gasteiger partial charge in [0.15, 0.2) is 0 Å². The Morgan fingerprint density at radius 1 is 1.38 bits per heavy atom. The molecule has 16 heavy (non-hydrogen) atoms. The molecular formula is C12H18BrN3. The summed E-state index contributed by atoms with van der Waals surface area (Å²) in [5, 5.41) is 3.41. The Morgan fingerprint density at radius 3 is 2.81 bits per heavy atom. The maximum absolute atomic E-state index is 6.36. The molecule has 0 amide bonds. The van der Waals surface area contributed by atoms with Gasteiger partial charge in [0.2, 0.25) is 0 Å². The lowest BCUT2D eigenvalue weighted by molar-refractivity contribution is 0.311. The molecule has 0 saturated heterocycles. The second kappa shape index (κ2) is 5.15. The van der Waals surface area contributed by atoms with Gasteiger partial charge in [-0.15, -0.1) is 0 Å². The van der Waals surface area contributed by atoms with Gasteiger partial charge < -0.3 is 11.1 Å². The molecule has 0 bridgehead atoms. The fourth-order valence-corrected chi connectivity index (χ4v) is 2.61. The third-order valence-electron chi connectivity index (χ3n) is 3.25. The number of hydrogen-bond acceptors (Lipinski definition) is 3. The van der Waals surface area contributed by atoms with E-state index in [-0.39, 0.29) is 5.54 Å². The number of anilines is 1. The van der Waals surface area contributed by atoms with Gasteiger partial charge in [0.25, 0.3) is 0 Å². The van der Waals surface area contributed by atoms with Crippen LogP contribution >= 0.6 is 15.9 Å². The van der Waals surface area contributed by atoms with Crippen molar-refractivity contribution in [2.24, 2.45) is 5.73 Å². The van der Waals surface area contributed by atoms with Crippen LogP contribution in [0.25, 0.3) is 0 Å². The van der Waals surface area contributed by atoms with Crippen LogP contribution in [-0.4, -0.2) is 17.1 Å². The first-order chi connectivity index (χ1) is 7.70. The Balaban J connectivity index is 1.94. The van der Waals surface area contributed by atoms with E-state index in [0.717, 1.165) is 29.5 Å². The molecule has 0 radical (unpaired) electrons. The lowest BCUT2D eigenvalue weighted by Gasteiger charge is -2.33. The summed E-state index contributed by atoms with van der Waals surface area (Å²) >= 11 is 3.47. The number of rotatable bonds is 3. The number of hydrogen-bond donors (Lipinski definition) is 2. The van der Waals surface area contributed by atoms with Gasteiger partial charge in [0, 0.05) is 24.5 Å². The molecule has 0 aromatic carbocycles. The summed E-state index contributed by atoms with van der Waals surface area (Å²) in [6, 6.07) is 1.97. The minimum atomic E-state index is -0.0268. The molecule has 1 fully saturated rings. The van der Waals surface area contributed by atoms with Crippen molar-refractivity contribution in [2.75, 3.05) is 11.9 Å². The minimum absolute atomic E-state index is 0.0268. The van der Waals surface area contributed by atoms with Gasteiger partial charge in [-0.05, 0) is 34.8 Å². The Hall–Kier alpha value is -0.610. The highest BCUT2D eigenvalue weighted by Gasteiger charge is 2.27. The number of halogens is 1. The third-order valence-corrected chi connectivity index (χ3v) is 3.88. The average Bonchev–Trinajstić information content (AvgIpc) is 2.29. The van der Waals surface area contributed by atoms with Crippen molar-refractivity contribution < 1.29 is 0 Å². The van der Waals surface area contributed by atoms with E-state index in [4.69, 9.17) is 5.73 Å². The first-order valence-electron chi connectivity index (χ1n) is 5.82. The maximum Gasteiger partial charge on any atom is 0.0590 e. The van der Waals surface area contributed by atoms with Gasteiger partial charge >= 0.3 is 0 Å². The van der Waals surface area contributed by atoms with Crippen molar-refractivity contribution in [1.82, 2.24) is 4.98 Å². The monoisotopic (exact) mass is 283 g/mol.